The van der Waals surface area contributed by atoms with E-state index in [4.69, 9.17) is 10.8 Å². The van der Waals surface area contributed by atoms with Crippen LogP contribution in [-0.2, 0) is 14.4 Å². The Bertz CT molecular complexity index is 493. The number of anilines is 1. The molecular formula is C14H18N2O4S. The Hall–Kier alpha value is -2.02. The summed E-state index contributed by atoms with van der Waals surface area (Å²) in [6.45, 7) is 0.124. The number of benzene rings is 1. The highest BCUT2D eigenvalue weighted by Crippen LogP contribution is 2.16. The largest absolute Gasteiger partial charge is 0.481 e. The number of carbonyl (C=O) groups is 3. The Morgan fingerprint density at radius 3 is 2.38 bits per heavy atom. The summed E-state index contributed by atoms with van der Waals surface area (Å²) in [4.78, 5) is 35.0. The van der Waals surface area contributed by atoms with Crippen LogP contribution in [0.2, 0.25) is 0 Å². The molecule has 0 saturated carbocycles. The molecule has 0 atom stereocenters. The fourth-order valence-corrected chi connectivity index (χ4v) is 2.34. The third-order valence-electron chi connectivity index (χ3n) is 2.62. The summed E-state index contributed by atoms with van der Waals surface area (Å²) in [6, 6.07) is 8.93. The van der Waals surface area contributed by atoms with Crippen LogP contribution in [0.15, 0.2) is 30.3 Å². The molecule has 1 rings (SSSR count). The fraction of sp³-hybridized carbons (Fsp3) is 0.357. The Balaban J connectivity index is 2.61. The maximum Gasteiger partial charge on any atom is 0.305 e. The van der Waals surface area contributed by atoms with Crippen molar-refractivity contribution in [1.29, 1.82) is 0 Å². The fourth-order valence-electron chi connectivity index (χ4n) is 1.68. The molecule has 0 aromatic heterocycles. The van der Waals surface area contributed by atoms with Crippen molar-refractivity contribution in [3.8, 4) is 0 Å². The normalized spacial score (nSPS) is 10.1. The number of rotatable bonds is 9. The van der Waals surface area contributed by atoms with Gasteiger partial charge in [0.05, 0.1) is 12.2 Å². The number of carboxylic acids is 1. The molecule has 6 nitrogen and oxygen atoms in total. The number of hydrogen-bond donors (Lipinski definition) is 2. The van der Waals surface area contributed by atoms with E-state index in [0.29, 0.717) is 11.4 Å². The van der Waals surface area contributed by atoms with Gasteiger partial charge in [-0.1, -0.05) is 18.2 Å². The minimum absolute atomic E-state index is 0.116. The number of hydrogen-bond acceptors (Lipinski definition) is 4. The number of nitrogens with two attached hydrogens (primary N) is 1. The first-order valence-corrected chi connectivity index (χ1v) is 7.59. The lowest BCUT2D eigenvalue weighted by Crippen LogP contribution is -2.33. The molecule has 114 valence electrons. The number of thioether (sulfide) groups is 1. The lowest BCUT2D eigenvalue weighted by molar-refractivity contribution is -0.136. The summed E-state index contributed by atoms with van der Waals surface area (Å²) in [5, 5.41) is 8.77. The summed E-state index contributed by atoms with van der Waals surface area (Å²) in [6.07, 6.45) is 0.113. The van der Waals surface area contributed by atoms with Crippen molar-refractivity contribution in [2.75, 3.05) is 23.0 Å². The molecule has 7 heteroatoms. The van der Waals surface area contributed by atoms with Crippen molar-refractivity contribution in [2.45, 2.75) is 12.8 Å². The highest BCUT2D eigenvalue weighted by molar-refractivity contribution is 7.99. The molecule has 3 N–H and O–H groups in total. The van der Waals surface area contributed by atoms with Gasteiger partial charge in [-0.15, -0.1) is 0 Å². The van der Waals surface area contributed by atoms with Crippen LogP contribution in [0.5, 0.6) is 0 Å². The Kier molecular flexibility index (Phi) is 7.31. The summed E-state index contributed by atoms with van der Waals surface area (Å²) in [5.41, 5.74) is 5.69. The van der Waals surface area contributed by atoms with Gasteiger partial charge >= 0.3 is 5.97 Å². The molecule has 0 spiro atoms. The quantitative estimate of drug-likeness (QED) is 0.665. The molecule has 1 aromatic rings. The van der Waals surface area contributed by atoms with Gasteiger partial charge in [-0.2, -0.15) is 11.8 Å². The van der Waals surface area contributed by atoms with Gasteiger partial charge in [0.25, 0.3) is 0 Å². The van der Waals surface area contributed by atoms with Crippen molar-refractivity contribution in [3.63, 3.8) is 0 Å². The predicted octanol–water partition coefficient (Wildman–Crippen LogP) is 1.10. The average molecular weight is 310 g/mol. The van der Waals surface area contributed by atoms with Gasteiger partial charge < -0.3 is 15.7 Å². The van der Waals surface area contributed by atoms with E-state index < -0.39 is 11.9 Å². The van der Waals surface area contributed by atoms with E-state index in [9.17, 15) is 14.4 Å². The second-order valence-electron chi connectivity index (χ2n) is 4.29. The van der Waals surface area contributed by atoms with E-state index in [1.165, 1.54) is 16.7 Å². The molecule has 0 unspecified atom stereocenters. The van der Waals surface area contributed by atoms with Crippen molar-refractivity contribution in [2.24, 2.45) is 5.73 Å². The first kappa shape index (κ1) is 17.0. The molecule has 0 aliphatic rings. The number of aliphatic carboxylic acids is 1. The molecule has 2 amide bonds. The molecule has 0 aliphatic carbocycles. The topological polar surface area (TPSA) is 101 Å². The van der Waals surface area contributed by atoms with Gasteiger partial charge in [-0.05, 0) is 12.1 Å². The first-order chi connectivity index (χ1) is 10.0. The van der Waals surface area contributed by atoms with Crippen LogP contribution < -0.4 is 10.6 Å². The number of nitrogens with zero attached hydrogens (tertiary/aromatic N) is 1. The molecule has 0 heterocycles. The van der Waals surface area contributed by atoms with Crippen LogP contribution in [-0.4, -0.2) is 40.9 Å². The minimum atomic E-state index is -0.952. The van der Waals surface area contributed by atoms with Gasteiger partial charge in [0.1, 0.15) is 0 Å². The maximum absolute atomic E-state index is 12.2. The number of amides is 2. The summed E-state index contributed by atoms with van der Waals surface area (Å²) >= 11 is 1.29. The highest BCUT2D eigenvalue weighted by atomic mass is 32.2. The molecule has 1 aromatic carbocycles. The van der Waals surface area contributed by atoms with Gasteiger partial charge in [0.2, 0.25) is 11.8 Å². The van der Waals surface area contributed by atoms with Crippen molar-refractivity contribution in [1.82, 2.24) is 0 Å². The van der Waals surface area contributed by atoms with Crippen molar-refractivity contribution >= 4 is 35.2 Å². The Morgan fingerprint density at radius 1 is 1.14 bits per heavy atom. The van der Waals surface area contributed by atoms with E-state index in [-0.39, 0.29) is 31.0 Å². The van der Waals surface area contributed by atoms with Gasteiger partial charge in [-0.3, -0.25) is 14.4 Å². The van der Waals surface area contributed by atoms with Crippen LogP contribution in [0.25, 0.3) is 0 Å². The standard InChI is InChI=1S/C14H18N2O4S/c15-12(17)10-21-9-7-13(18)16(8-6-14(19)20)11-4-2-1-3-5-11/h1-5H,6-10H2,(H2,15,17)(H,19,20). The molecule has 0 radical (unpaired) electrons. The Morgan fingerprint density at radius 2 is 1.81 bits per heavy atom. The van der Waals surface area contributed by atoms with Crippen LogP contribution in [0, 0.1) is 0 Å². The van der Waals surface area contributed by atoms with Gasteiger partial charge in [0.15, 0.2) is 0 Å². The molecule has 0 fully saturated rings. The van der Waals surface area contributed by atoms with Crippen LogP contribution in [0.3, 0.4) is 0 Å². The van der Waals surface area contributed by atoms with E-state index in [1.807, 2.05) is 6.07 Å². The second kappa shape index (κ2) is 9.02. The maximum atomic E-state index is 12.2. The molecule has 21 heavy (non-hydrogen) atoms. The SMILES string of the molecule is NC(=O)CSCCC(=O)N(CCC(=O)O)c1ccccc1. The number of primary amides is 1. The lowest BCUT2D eigenvalue weighted by atomic mass is 10.2. The summed E-state index contributed by atoms with van der Waals surface area (Å²) in [5.74, 6) is -0.893. The molecule has 0 aliphatic heterocycles. The van der Waals surface area contributed by atoms with E-state index in [1.54, 1.807) is 24.3 Å². The van der Waals surface area contributed by atoms with Crippen LogP contribution >= 0.6 is 11.8 Å². The van der Waals surface area contributed by atoms with Crippen LogP contribution in [0.4, 0.5) is 5.69 Å². The average Bonchev–Trinajstić information content (AvgIpc) is 2.44. The third kappa shape index (κ3) is 6.80. The van der Waals surface area contributed by atoms with E-state index >= 15 is 0 Å². The summed E-state index contributed by atoms with van der Waals surface area (Å²) < 4.78 is 0. The first-order valence-electron chi connectivity index (χ1n) is 6.44. The minimum Gasteiger partial charge on any atom is -0.481 e. The zero-order valence-electron chi connectivity index (χ0n) is 11.5. The molecular weight excluding hydrogens is 292 g/mol. The second-order valence-corrected chi connectivity index (χ2v) is 5.40. The third-order valence-corrected chi connectivity index (χ3v) is 3.60. The smallest absolute Gasteiger partial charge is 0.305 e. The predicted molar refractivity (Wildman–Crippen MR) is 82.2 cm³/mol. The number of carboxylic acid groups (broad SMARTS) is 1. The van der Waals surface area contributed by atoms with Gasteiger partial charge in [0, 0.05) is 24.4 Å². The van der Waals surface area contributed by atoms with Crippen molar-refractivity contribution in [3.05, 3.63) is 30.3 Å². The zero-order chi connectivity index (χ0) is 15.7. The lowest BCUT2D eigenvalue weighted by Gasteiger charge is -2.22. The monoisotopic (exact) mass is 310 g/mol. The number of para-hydroxylation sites is 1. The zero-order valence-corrected chi connectivity index (χ0v) is 12.3. The van der Waals surface area contributed by atoms with Crippen LogP contribution in [0.1, 0.15) is 12.8 Å². The van der Waals surface area contributed by atoms with E-state index in [2.05, 4.69) is 0 Å². The molecule has 0 saturated heterocycles. The number of carbonyl (C=O) groups excluding carboxylic acids is 2. The molecule has 0 bridgehead atoms. The Labute approximate surface area is 127 Å². The van der Waals surface area contributed by atoms with Crippen molar-refractivity contribution < 1.29 is 19.5 Å². The van der Waals surface area contributed by atoms with E-state index in [0.717, 1.165) is 0 Å². The van der Waals surface area contributed by atoms with Gasteiger partial charge in [-0.25, -0.2) is 0 Å². The summed E-state index contributed by atoms with van der Waals surface area (Å²) in [7, 11) is 0. The highest BCUT2D eigenvalue weighted by Gasteiger charge is 2.16.